The zero-order valence-electron chi connectivity index (χ0n) is 8.77. The number of rotatable bonds is 2. The van der Waals surface area contributed by atoms with E-state index >= 15 is 0 Å². The van der Waals surface area contributed by atoms with Crippen molar-refractivity contribution in [1.82, 2.24) is 10.2 Å². The molecule has 5 heteroatoms. The second kappa shape index (κ2) is 4.78. The van der Waals surface area contributed by atoms with E-state index in [1.165, 1.54) is 0 Å². The fourth-order valence-corrected chi connectivity index (χ4v) is 1.97. The van der Waals surface area contributed by atoms with Crippen LogP contribution in [0, 0.1) is 12.8 Å². The Hall–Kier alpha value is -1.16. The van der Waals surface area contributed by atoms with E-state index in [1.54, 1.807) is 6.07 Å². The minimum absolute atomic E-state index is 0.00323. The lowest BCUT2D eigenvalue weighted by Crippen LogP contribution is -2.36. The van der Waals surface area contributed by atoms with Crippen LogP contribution >= 0.6 is 11.6 Å². The van der Waals surface area contributed by atoms with Crippen LogP contribution in [-0.2, 0) is 4.79 Å². The summed E-state index contributed by atoms with van der Waals surface area (Å²) in [6.45, 7) is 6.83. The summed E-state index contributed by atoms with van der Waals surface area (Å²) in [4.78, 5) is 13.1. The highest BCUT2D eigenvalue weighted by Gasteiger charge is 2.23. The molecule has 0 amide bonds. The molecule has 2 heterocycles. The molecule has 1 aliphatic rings. The van der Waals surface area contributed by atoms with Crippen molar-refractivity contribution < 1.29 is 4.79 Å². The molecule has 16 heavy (non-hydrogen) atoms. The number of carbonyl (C=O) groups is 1. The van der Waals surface area contributed by atoms with E-state index in [4.69, 9.17) is 18.5 Å². The quantitative estimate of drug-likeness (QED) is 0.784. The van der Waals surface area contributed by atoms with E-state index in [0.717, 1.165) is 31.7 Å². The van der Waals surface area contributed by atoms with Crippen molar-refractivity contribution >= 4 is 23.2 Å². The van der Waals surface area contributed by atoms with E-state index in [0.29, 0.717) is 5.15 Å². The first-order valence-corrected chi connectivity index (χ1v) is 5.58. The van der Waals surface area contributed by atoms with Gasteiger partial charge in [-0.3, -0.25) is 4.79 Å². The molecule has 1 fully saturated rings. The zero-order chi connectivity index (χ0) is 11.5. The normalized spacial score (nSPS) is 17.5. The molecule has 1 saturated heterocycles. The van der Waals surface area contributed by atoms with E-state index in [1.807, 2.05) is 6.07 Å². The van der Waals surface area contributed by atoms with Crippen LogP contribution in [0.5, 0.6) is 0 Å². The molecule has 1 aromatic heterocycles. The topological polar surface area (TPSA) is 46.1 Å². The number of carbonyl (C=O) groups excluding carboxylic acids is 1. The summed E-state index contributed by atoms with van der Waals surface area (Å²) >= 11 is 5.66. The van der Waals surface area contributed by atoms with Gasteiger partial charge in [0, 0.05) is 25.9 Å². The minimum Gasteiger partial charge on any atom is -0.355 e. The smallest absolute Gasteiger partial charge is 0.151 e. The predicted molar refractivity (Wildman–Crippen MR) is 61.3 cm³/mol. The highest BCUT2D eigenvalue weighted by molar-refractivity contribution is 6.29. The van der Waals surface area contributed by atoms with Gasteiger partial charge in [-0.25, -0.2) is 0 Å². The molecule has 0 aliphatic carbocycles. The Morgan fingerprint density at radius 3 is 2.56 bits per heavy atom. The Kier molecular flexibility index (Phi) is 3.39. The molecule has 1 aliphatic heterocycles. The summed E-state index contributed by atoms with van der Waals surface area (Å²) in [5.41, 5.74) is 0. The molecule has 0 N–H and O–H groups in total. The maximum atomic E-state index is 11.0. The first-order valence-electron chi connectivity index (χ1n) is 5.20. The summed E-state index contributed by atoms with van der Waals surface area (Å²) < 4.78 is 0. The highest BCUT2D eigenvalue weighted by atomic mass is 35.5. The molecule has 0 bridgehead atoms. The van der Waals surface area contributed by atoms with Gasteiger partial charge in [0.15, 0.2) is 11.0 Å². The Bertz CT molecular complexity index is 371. The Balaban J connectivity index is 1.99. The molecule has 84 valence electrons. The van der Waals surface area contributed by atoms with Crippen LogP contribution in [0.25, 0.3) is 0 Å². The largest absolute Gasteiger partial charge is 0.355 e. The maximum Gasteiger partial charge on any atom is 0.151 e. The summed E-state index contributed by atoms with van der Waals surface area (Å²) in [6, 6.07) is 3.55. The SMILES string of the molecule is [CH]C(=O)C1CCN(c2ccc(Cl)nn2)CC1. The average Bonchev–Trinajstić information content (AvgIpc) is 2.30. The van der Waals surface area contributed by atoms with E-state index < -0.39 is 0 Å². The van der Waals surface area contributed by atoms with Gasteiger partial charge in [0.1, 0.15) is 5.78 Å². The van der Waals surface area contributed by atoms with Gasteiger partial charge in [-0.2, -0.15) is 0 Å². The monoisotopic (exact) mass is 237 g/mol. The molecule has 0 spiro atoms. The summed E-state index contributed by atoms with van der Waals surface area (Å²) in [7, 11) is 0. The van der Waals surface area contributed by atoms with Gasteiger partial charge in [-0.1, -0.05) is 11.6 Å². The number of halogens is 1. The van der Waals surface area contributed by atoms with Gasteiger partial charge in [-0.15, -0.1) is 10.2 Å². The molecule has 1 aromatic rings. The van der Waals surface area contributed by atoms with Gasteiger partial charge in [-0.05, 0) is 25.0 Å². The van der Waals surface area contributed by atoms with Crippen LogP contribution in [0.15, 0.2) is 12.1 Å². The van der Waals surface area contributed by atoms with Gasteiger partial charge in [0.25, 0.3) is 0 Å². The van der Waals surface area contributed by atoms with Crippen molar-refractivity contribution in [3.05, 3.63) is 24.2 Å². The number of Topliss-reactive ketones (excluding diaryl/α,β-unsaturated/α-hetero) is 1. The van der Waals surface area contributed by atoms with Crippen LogP contribution in [0.4, 0.5) is 5.82 Å². The van der Waals surface area contributed by atoms with Crippen LogP contribution in [0.3, 0.4) is 0 Å². The van der Waals surface area contributed by atoms with Crippen molar-refractivity contribution in [3.8, 4) is 0 Å². The fourth-order valence-electron chi connectivity index (χ4n) is 1.87. The number of aromatic nitrogens is 2. The molecule has 2 rings (SSSR count). The molecule has 0 atom stereocenters. The number of piperidine rings is 1. The first kappa shape index (κ1) is 11.3. The number of nitrogens with zero attached hydrogens (tertiary/aromatic N) is 3. The summed E-state index contributed by atoms with van der Waals surface area (Å²) in [5, 5.41) is 8.18. The lowest BCUT2D eigenvalue weighted by Gasteiger charge is -2.31. The standard InChI is InChI=1S/C11H12ClN3O/c1-8(16)9-4-6-15(7-5-9)11-3-2-10(12)13-14-11/h1-3,9H,4-7H2. The number of anilines is 1. The van der Waals surface area contributed by atoms with Crippen LogP contribution < -0.4 is 4.90 Å². The van der Waals surface area contributed by atoms with Crippen molar-refractivity contribution in [3.63, 3.8) is 0 Å². The van der Waals surface area contributed by atoms with Gasteiger partial charge < -0.3 is 4.90 Å². The molecule has 0 unspecified atom stereocenters. The number of hydrogen-bond acceptors (Lipinski definition) is 4. The Morgan fingerprint density at radius 2 is 2.06 bits per heavy atom. The molecule has 4 nitrogen and oxygen atoms in total. The van der Waals surface area contributed by atoms with Gasteiger partial charge in [0.05, 0.1) is 0 Å². The lowest BCUT2D eigenvalue weighted by molar-refractivity contribution is -0.119. The molecule has 0 saturated carbocycles. The average molecular weight is 238 g/mol. The first-order chi connectivity index (χ1) is 7.66. The van der Waals surface area contributed by atoms with Crippen molar-refractivity contribution in [1.29, 1.82) is 0 Å². The van der Waals surface area contributed by atoms with Gasteiger partial charge >= 0.3 is 0 Å². The zero-order valence-corrected chi connectivity index (χ0v) is 9.52. The maximum absolute atomic E-state index is 11.0. The molecule has 2 radical (unpaired) electrons. The van der Waals surface area contributed by atoms with Crippen LogP contribution in [-0.4, -0.2) is 29.1 Å². The fraction of sp³-hybridized carbons (Fsp3) is 0.455. The van der Waals surface area contributed by atoms with Crippen molar-refractivity contribution in [2.24, 2.45) is 5.92 Å². The van der Waals surface area contributed by atoms with Crippen molar-refractivity contribution in [2.75, 3.05) is 18.0 Å². The van der Waals surface area contributed by atoms with Crippen molar-refractivity contribution in [2.45, 2.75) is 12.8 Å². The predicted octanol–water partition coefficient (Wildman–Crippen LogP) is 1.63. The van der Waals surface area contributed by atoms with E-state index in [-0.39, 0.29) is 11.7 Å². The summed E-state index contributed by atoms with van der Waals surface area (Å²) in [5.74, 6) is 0.589. The number of ketones is 1. The molecular formula is C11H12ClN3O. The van der Waals surface area contributed by atoms with Gasteiger partial charge in [0.2, 0.25) is 0 Å². The second-order valence-corrected chi connectivity index (χ2v) is 4.27. The minimum atomic E-state index is -0.207. The Labute approximate surface area is 99.6 Å². The molecular weight excluding hydrogens is 226 g/mol. The Morgan fingerprint density at radius 1 is 1.38 bits per heavy atom. The second-order valence-electron chi connectivity index (χ2n) is 3.88. The van der Waals surface area contributed by atoms with E-state index in [9.17, 15) is 4.79 Å². The third-order valence-electron chi connectivity index (χ3n) is 2.84. The lowest BCUT2D eigenvalue weighted by atomic mass is 9.93. The van der Waals surface area contributed by atoms with Crippen LogP contribution in [0.2, 0.25) is 5.15 Å². The van der Waals surface area contributed by atoms with Crippen LogP contribution in [0.1, 0.15) is 12.8 Å². The number of hydrogen-bond donors (Lipinski definition) is 0. The summed E-state index contributed by atoms with van der Waals surface area (Å²) in [6.07, 6.45) is 1.55. The third-order valence-corrected chi connectivity index (χ3v) is 3.04. The van der Waals surface area contributed by atoms with E-state index in [2.05, 4.69) is 15.1 Å². The highest BCUT2D eigenvalue weighted by Crippen LogP contribution is 2.22. The third kappa shape index (κ3) is 2.50. The molecule has 0 aromatic carbocycles.